The SMILES string of the molecule is Cc1cccc(C)c1OCCCCC(C)(C)C(=N)N. The van der Waals surface area contributed by atoms with Crippen molar-refractivity contribution in [2.24, 2.45) is 11.1 Å². The van der Waals surface area contributed by atoms with Gasteiger partial charge in [0, 0.05) is 5.41 Å². The summed E-state index contributed by atoms with van der Waals surface area (Å²) in [6, 6.07) is 6.19. The summed E-state index contributed by atoms with van der Waals surface area (Å²) in [5, 5.41) is 7.51. The molecule has 0 spiro atoms. The minimum absolute atomic E-state index is 0.196. The van der Waals surface area contributed by atoms with E-state index in [2.05, 4.69) is 26.0 Å². The van der Waals surface area contributed by atoms with Crippen molar-refractivity contribution in [1.82, 2.24) is 0 Å². The molecule has 0 amide bonds. The maximum atomic E-state index is 7.51. The fourth-order valence-corrected chi connectivity index (χ4v) is 2.00. The van der Waals surface area contributed by atoms with E-state index in [1.165, 1.54) is 11.1 Å². The van der Waals surface area contributed by atoms with Gasteiger partial charge in [0.15, 0.2) is 0 Å². The molecule has 3 nitrogen and oxygen atoms in total. The van der Waals surface area contributed by atoms with Crippen molar-refractivity contribution in [1.29, 1.82) is 5.41 Å². The summed E-state index contributed by atoms with van der Waals surface area (Å²) in [4.78, 5) is 0. The van der Waals surface area contributed by atoms with Crippen LogP contribution in [-0.2, 0) is 0 Å². The third-order valence-corrected chi connectivity index (χ3v) is 3.58. The topological polar surface area (TPSA) is 59.1 Å². The maximum absolute atomic E-state index is 7.51. The van der Waals surface area contributed by atoms with Crippen molar-refractivity contribution in [3.05, 3.63) is 29.3 Å². The Labute approximate surface area is 116 Å². The Morgan fingerprint density at radius 3 is 2.32 bits per heavy atom. The number of rotatable bonds is 7. The van der Waals surface area contributed by atoms with Gasteiger partial charge in [-0.3, -0.25) is 5.41 Å². The van der Waals surface area contributed by atoms with E-state index in [0.717, 1.165) is 31.6 Å². The predicted molar refractivity (Wildman–Crippen MR) is 81.0 cm³/mol. The molecule has 0 saturated carbocycles. The third-order valence-electron chi connectivity index (χ3n) is 3.58. The molecule has 3 heteroatoms. The highest BCUT2D eigenvalue weighted by Crippen LogP contribution is 2.24. The standard InChI is InChI=1S/C16H26N2O/c1-12-8-7-9-13(2)14(12)19-11-6-5-10-16(3,4)15(17)18/h7-9H,5-6,10-11H2,1-4H3,(H3,17,18). The maximum Gasteiger partial charge on any atom is 0.125 e. The average Bonchev–Trinajstić information content (AvgIpc) is 2.31. The van der Waals surface area contributed by atoms with Gasteiger partial charge in [0.2, 0.25) is 0 Å². The molecule has 0 aromatic heterocycles. The zero-order chi connectivity index (χ0) is 14.5. The molecule has 1 rings (SSSR count). The van der Waals surface area contributed by atoms with E-state index in [1.54, 1.807) is 0 Å². The van der Waals surface area contributed by atoms with Gasteiger partial charge in [0.05, 0.1) is 12.4 Å². The van der Waals surface area contributed by atoms with E-state index >= 15 is 0 Å². The minimum Gasteiger partial charge on any atom is -0.493 e. The number of ether oxygens (including phenoxy) is 1. The fraction of sp³-hybridized carbons (Fsp3) is 0.562. The Balaban J connectivity index is 2.34. The number of amidine groups is 1. The van der Waals surface area contributed by atoms with Crippen LogP contribution in [0.4, 0.5) is 0 Å². The van der Waals surface area contributed by atoms with Crippen molar-refractivity contribution < 1.29 is 4.74 Å². The number of unbranched alkanes of at least 4 members (excludes halogenated alkanes) is 1. The second-order valence-corrected chi connectivity index (χ2v) is 5.82. The van der Waals surface area contributed by atoms with Gasteiger partial charge in [-0.05, 0) is 44.2 Å². The molecule has 0 aliphatic carbocycles. The molecular weight excluding hydrogens is 236 g/mol. The normalized spacial score (nSPS) is 11.4. The Kier molecular flexibility index (Phi) is 5.40. The first-order valence-electron chi connectivity index (χ1n) is 6.88. The minimum atomic E-state index is -0.196. The molecule has 0 aliphatic rings. The lowest BCUT2D eigenvalue weighted by molar-refractivity contribution is 0.293. The molecule has 0 heterocycles. The Morgan fingerprint density at radius 2 is 1.79 bits per heavy atom. The molecular formula is C16H26N2O. The average molecular weight is 262 g/mol. The summed E-state index contributed by atoms with van der Waals surface area (Å²) in [6.07, 6.45) is 2.94. The fourth-order valence-electron chi connectivity index (χ4n) is 2.00. The molecule has 0 aliphatic heterocycles. The van der Waals surface area contributed by atoms with E-state index in [1.807, 2.05) is 19.9 Å². The number of para-hydroxylation sites is 1. The Morgan fingerprint density at radius 1 is 1.21 bits per heavy atom. The third kappa shape index (κ3) is 4.58. The lowest BCUT2D eigenvalue weighted by atomic mass is 9.86. The van der Waals surface area contributed by atoms with Crippen LogP contribution in [0.5, 0.6) is 5.75 Å². The van der Waals surface area contributed by atoms with E-state index in [0.29, 0.717) is 0 Å². The second-order valence-electron chi connectivity index (χ2n) is 5.82. The van der Waals surface area contributed by atoms with Crippen molar-refractivity contribution >= 4 is 5.84 Å². The van der Waals surface area contributed by atoms with Gasteiger partial charge >= 0.3 is 0 Å². The summed E-state index contributed by atoms with van der Waals surface area (Å²) in [5.74, 6) is 1.27. The molecule has 0 bridgehead atoms. The molecule has 0 fully saturated rings. The molecule has 3 N–H and O–H groups in total. The number of nitrogens with two attached hydrogens (primary N) is 1. The van der Waals surface area contributed by atoms with Crippen LogP contribution in [0.25, 0.3) is 0 Å². The molecule has 106 valence electrons. The highest BCUT2D eigenvalue weighted by Gasteiger charge is 2.20. The van der Waals surface area contributed by atoms with E-state index in [-0.39, 0.29) is 11.3 Å². The molecule has 1 aromatic rings. The highest BCUT2D eigenvalue weighted by atomic mass is 16.5. The highest BCUT2D eigenvalue weighted by molar-refractivity contribution is 5.82. The van der Waals surface area contributed by atoms with Crippen molar-refractivity contribution in [2.75, 3.05) is 6.61 Å². The van der Waals surface area contributed by atoms with Gasteiger partial charge < -0.3 is 10.5 Å². The first kappa shape index (κ1) is 15.5. The Hall–Kier alpha value is -1.51. The van der Waals surface area contributed by atoms with Crippen molar-refractivity contribution in [3.63, 3.8) is 0 Å². The summed E-state index contributed by atoms with van der Waals surface area (Å²) >= 11 is 0. The molecule has 0 atom stereocenters. The van der Waals surface area contributed by atoms with Gasteiger partial charge in [-0.15, -0.1) is 0 Å². The number of benzene rings is 1. The molecule has 0 saturated heterocycles. The molecule has 19 heavy (non-hydrogen) atoms. The van der Waals surface area contributed by atoms with Crippen molar-refractivity contribution in [3.8, 4) is 5.75 Å². The van der Waals surface area contributed by atoms with Gasteiger partial charge in [0.1, 0.15) is 5.75 Å². The van der Waals surface area contributed by atoms with Crippen LogP contribution in [-0.4, -0.2) is 12.4 Å². The first-order valence-corrected chi connectivity index (χ1v) is 6.88. The van der Waals surface area contributed by atoms with E-state index in [4.69, 9.17) is 15.9 Å². The second kappa shape index (κ2) is 6.60. The van der Waals surface area contributed by atoms with Gasteiger partial charge in [-0.2, -0.15) is 0 Å². The van der Waals surface area contributed by atoms with Crippen LogP contribution in [0.15, 0.2) is 18.2 Å². The first-order chi connectivity index (χ1) is 8.84. The van der Waals surface area contributed by atoms with Gasteiger partial charge in [-0.25, -0.2) is 0 Å². The van der Waals surface area contributed by atoms with Crippen LogP contribution >= 0.6 is 0 Å². The zero-order valence-corrected chi connectivity index (χ0v) is 12.5. The number of hydrogen-bond donors (Lipinski definition) is 2. The predicted octanol–water partition coefficient (Wildman–Crippen LogP) is 3.81. The van der Waals surface area contributed by atoms with Crippen molar-refractivity contribution in [2.45, 2.75) is 47.0 Å². The monoisotopic (exact) mass is 262 g/mol. The smallest absolute Gasteiger partial charge is 0.125 e. The molecule has 0 unspecified atom stereocenters. The van der Waals surface area contributed by atoms with Crippen LogP contribution in [0.1, 0.15) is 44.2 Å². The van der Waals surface area contributed by atoms with Gasteiger partial charge in [0.25, 0.3) is 0 Å². The zero-order valence-electron chi connectivity index (χ0n) is 12.5. The summed E-state index contributed by atoms with van der Waals surface area (Å²) in [7, 11) is 0. The van der Waals surface area contributed by atoms with Crippen LogP contribution in [0.2, 0.25) is 0 Å². The van der Waals surface area contributed by atoms with E-state index < -0.39 is 0 Å². The summed E-state index contributed by atoms with van der Waals surface area (Å²) in [6.45, 7) is 8.89. The molecule has 0 radical (unpaired) electrons. The number of nitrogens with one attached hydrogen (secondary N) is 1. The lowest BCUT2D eigenvalue weighted by Gasteiger charge is -2.22. The summed E-state index contributed by atoms with van der Waals surface area (Å²) in [5.41, 5.74) is 7.74. The van der Waals surface area contributed by atoms with E-state index in [9.17, 15) is 0 Å². The number of aryl methyl sites for hydroxylation is 2. The van der Waals surface area contributed by atoms with Crippen LogP contribution in [0.3, 0.4) is 0 Å². The van der Waals surface area contributed by atoms with Crippen LogP contribution in [0, 0.1) is 24.7 Å². The van der Waals surface area contributed by atoms with Gasteiger partial charge in [-0.1, -0.05) is 32.0 Å². The quantitative estimate of drug-likeness (QED) is 0.446. The Bertz CT molecular complexity index is 418. The number of hydrogen-bond acceptors (Lipinski definition) is 2. The molecule has 1 aromatic carbocycles. The van der Waals surface area contributed by atoms with Crippen LogP contribution < -0.4 is 10.5 Å². The largest absolute Gasteiger partial charge is 0.493 e. The lowest BCUT2D eigenvalue weighted by Crippen LogP contribution is -2.30. The summed E-state index contributed by atoms with van der Waals surface area (Å²) < 4.78 is 5.86.